The summed E-state index contributed by atoms with van der Waals surface area (Å²) in [6, 6.07) is 10.5. The van der Waals surface area contributed by atoms with Crippen molar-refractivity contribution in [2.45, 2.75) is 46.1 Å². The number of nitrogens with two attached hydrogens (primary N) is 1. The summed E-state index contributed by atoms with van der Waals surface area (Å²) in [6.45, 7) is 7.90. The quantitative estimate of drug-likeness (QED) is 0.905. The van der Waals surface area contributed by atoms with Gasteiger partial charge in [0.05, 0.1) is 5.92 Å². The minimum atomic E-state index is -0.0820. The highest BCUT2D eigenvalue weighted by atomic mass is 16.2. The monoisotopic (exact) mass is 288 g/mol. The third kappa shape index (κ3) is 4.07. The van der Waals surface area contributed by atoms with E-state index < -0.39 is 0 Å². The Hall–Kier alpha value is -1.35. The first kappa shape index (κ1) is 16.0. The lowest BCUT2D eigenvalue weighted by molar-refractivity contribution is -0.134. The van der Waals surface area contributed by atoms with Crippen LogP contribution in [0.2, 0.25) is 0 Å². The molecule has 1 aliphatic heterocycles. The van der Waals surface area contributed by atoms with Gasteiger partial charge in [0.25, 0.3) is 0 Å². The first-order chi connectivity index (χ1) is 9.91. The highest BCUT2D eigenvalue weighted by molar-refractivity contribution is 5.79. The van der Waals surface area contributed by atoms with Crippen LogP contribution in [0.4, 0.5) is 0 Å². The van der Waals surface area contributed by atoms with Crippen molar-refractivity contribution in [1.82, 2.24) is 4.90 Å². The lowest BCUT2D eigenvalue weighted by Crippen LogP contribution is -2.41. The van der Waals surface area contributed by atoms with Crippen LogP contribution in [0.15, 0.2) is 30.3 Å². The smallest absolute Gasteiger partial charge is 0.226 e. The predicted molar refractivity (Wildman–Crippen MR) is 86.9 cm³/mol. The van der Waals surface area contributed by atoms with E-state index in [1.165, 1.54) is 5.56 Å². The van der Waals surface area contributed by atoms with Gasteiger partial charge in [0.1, 0.15) is 0 Å². The van der Waals surface area contributed by atoms with E-state index in [9.17, 15) is 4.79 Å². The largest absolute Gasteiger partial charge is 0.342 e. The first-order valence-electron chi connectivity index (χ1n) is 8.00. The van der Waals surface area contributed by atoms with Crippen molar-refractivity contribution in [3.8, 4) is 0 Å². The Labute approximate surface area is 128 Å². The Kier molecular flexibility index (Phi) is 5.04. The molecule has 0 saturated carbocycles. The number of carbonyl (C=O) groups excluding carboxylic acids is 1. The summed E-state index contributed by atoms with van der Waals surface area (Å²) in [4.78, 5) is 14.4. The Morgan fingerprint density at radius 3 is 2.62 bits per heavy atom. The van der Waals surface area contributed by atoms with Crippen molar-refractivity contribution >= 4 is 5.91 Å². The number of rotatable bonds is 5. The van der Waals surface area contributed by atoms with E-state index in [4.69, 9.17) is 5.73 Å². The van der Waals surface area contributed by atoms with Crippen molar-refractivity contribution in [1.29, 1.82) is 0 Å². The Morgan fingerprint density at radius 1 is 1.33 bits per heavy atom. The lowest BCUT2D eigenvalue weighted by Gasteiger charge is -2.27. The molecule has 0 bridgehead atoms. The van der Waals surface area contributed by atoms with E-state index in [0.29, 0.717) is 0 Å². The molecule has 116 valence electrons. The molecule has 2 rings (SSSR count). The summed E-state index contributed by atoms with van der Waals surface area (Å²) < 4.78 is 0. The molecule has 1 heterocycles. The number of hydrogen-bond donors (Lipinski definition) is 1. The molecule has 0 radical (unpaired) electrons. The zero-order valence-electron chi connectivity index (χ0n) is 13.5. The van der Waals surface area contributed by atoms with E-state index in [-0.39, 0.29) is 23.3 Å². The molecule has 1 saturated heterocycles. The van der Waals surface area contributed by atoms with Crippen LogP contribution >= 0.6 is 0 Å². The third-order valence-corrected chi connectivity index (χ3v) is 4.91. The van der Waals surface area contributed by atoms with Crippen LogP contribution in [0.3, 0.4) is 0 Å². The van der Waals surface area contributed by atoms with Crippen molar-refractivity contribution in [3.05, 3.63) is 35.9 Å². The molecule has 0 spiro atoms. The highest BCUT2D eigenvalue weighted by Gasteiger charge is 2.37. The van der Waals surface area contributed by atoms with Crippen LogP contribution in [-0.2, 0) is 11.2 Å². The summed E-state index contributed by atoms with van der Waals surface area (Å²) in [5.41, 5.74) is 7.48. The Balaban J connectivity index is 1.89. The van der Waals surface area contributed by atoms with Gasteiger partial charge >= 0.3 is 0 Å². The van der Waals surface area contributed by atoms with Gasteiger partial charge in [-0.1, -0.05) is 44.2 Å². The number of amides is 1. The van der Waals surface area contributed by atoms with Crippen LogP contribution in [0.25, 0.3) is 0 Å². The summed E-state index contributed by atoms with van der Waals surface area (Å²) in [5.74, 6) is 0.134. The SMILES string of the molecule is CC(N)C(C)C(=O)N1CCC(C)(CCc2ccccc2)C1. The molecule has 0 aromatic heterocycles. The van der Waals surface area contributed by atoms with Gasteiger partial charge in [0, 0.05) is 19.1 Å². The molecule has 3 nitrogen and oxygen atoms in total. The van der Waals surface area contributed by atoms with Gasteiger partial charge in [-0.3, -0.25) is 4.79 Å². The average molecular weight is 288 g/mol. The van der Waals surface area contributed by atoms with Gasteiger partial charge in [-0.15, -0.1) is 0 Å². The molecular formula is C18H28N2O. The third-order valence-electron chi connectivity index (χ3n) is 4.91. The zero-order valence-corrected chi connectivity index (χ0v) is 13.5. The second-order valence-corrected chi connectivity index (χ2v) is 6.95. The van der Waals surface area contributed by atoms with Gasteiger partial charge in [-0.05, 0) is 37.2 Å². The number of carbonyl (C=O) groups is 1. The fourth-order valence-corrected chi connectivity index (χ4v) is 3.02. The molecule has 3 atom stereocenters. The molecule has 1 fully saturated rings. The van der Waals surface area contributed by atoms with Crippen molar-refractivity contribution < 1.29 is 4.79 Å². The Morgan fingerprint density at radius 2 is 2.00 bits per heavy atom. The van der Waals surface area contributed by atoms with E-state index in [1.54, 1.807) is 0 Å². The zero-order chi connectivity index (χ0) is 15.5. The van der Waals surface area contributed by atoms with E-state index in [0.717, 1.165) is 32.4 Å². The van der Waals surface area contributed by atoms with Gasteiger partial charge in [-0.2, -0.15) is 0 Å². The Bertz CT molecular complexity index is 471. The molecular weight excluding hydrogens is 260 g/mol. The summed E-state index contributed by atoms with van der Waals surface area (Å²) in [7, 11) is 0. The molecule has 0 aliphatic carbocycles. The normalized spacial score (nSPS) is 24.9. The first-order valence-corrected chi connectivity index (χ1v) is 8.00. The van der Waals surface area contributed by atoms with Crippen molar-refractivity contribution in [2.75, 3.05) is 13.1 Å². The van der Waals surface area contributed by atoms with Crippen molar-refractivity contribution in [2.24, 2.45) is 17.1 Å². The van der Waals surface area contributed by atoms with Crippen molar-refractivity contribution in [3.63, 3.8) is 0 Å². The molecule has 1 aliphatic rings. The molecule has 2 N–H and O–H groups in total. The maximum atomic E-state index is 12.4. The number of hydrogen-bond acceptors (Lipinski definition) is 2. The maximum absolute atomic E-state index is 12.4. The highest BCUT2D eigenvalue weighted by Crippen LogP contribution is 2.35. The lowest BCUT2D eigenvalue weighted by atomic mass is 9.83. The molecule has 21 heavy (non-hydrogen) atoms. The van der Waals surface area contributed by atoms with Crippen LogP contribution in [0, 0.1) is 11.3 Å². The number of benzene rings is 1. The van der Waals surface area contributed by atoms with Crippen LogP contribution < -0.4 is 5.73 Å². The molecule has 1 aromatic rings. The number of aryl methyl sites for hydroxylation is 1. The predicted octanol–water partition coefficient (Wildman–Crippen LogP) is 2.84. The minimum Gasteiger partial charge on any atom is -0.342 e. The second kappa shape index (κ2) is 6.61. The van der Waals surface area contributed by atoms with Gasteiger partial charge in [0.15, 0.2) is 0 Å². The standard InChI is InChI=1S/C18H28N2O/c1-14(15(2)19)17(21)20-12-11-18(3,13-20)10-9-16-7-5-4-6-8-16/h4-8,14-15H,9-13,19H2,1-3H3. The van der Waals surface area contributed by atoms with Gasteiger partial charge < -0.3 is 10.6 Å². The average Bonchev–Trinajstić information content (AvgIpc) is 2.87. The molecule has 1 amide bonds. The van der Waals surface area contributed by atoms with Gasteiger partial charge in [-0.25, -0.2) is 0 Å². The number of likely N-dealkylation sites (tertiary alicyclic amines) is 1. The fraction of sp³-hybridized carbons (Fsp3) is 0.611. The second-order valence-electron chi connectivity index (χ2n) is 6.95. The number of nitrogens with zero attached hydrogens (tertiary/aromatic N) is 1. The molecule has 1 aromatic carbocycles. The van der Waals surface area contributed by atoms with Crippen LogP contribution in [-0.4, -0.2) is 29.9 Å². The summed E-state index contributed by atoms with van der Waals surface area (Å²) in [6.07, 6.45) is 3.31. The van der Waals surface area contributed by atoms with E-state index in [2.05, 4.69) is 37.3 Å². The van der Waals surface area contributed by atoms with E-state index in [1.807, 2.05) is 18.7 Å². The molecule has 3 heteroatoms. The van der Waals surface area contributed by atoms with Crippen LogP contribution in [0.1, 0.15) is 39.2 Å². The summed E-state index contributed by atoms with van der Waals surface area (Å²) >= 11 is 0. The minimum absolute atomic E-state index is 0.0753. The van der Waals surface area contributed by atoms with Gasteiger partial charge in [0.2, 0.25) is 5.91 Å². The van der Waals surface area contributed by atoms with Crippen LogP contribution in [0.5, 0.6) is 0 Å². The summed E-state index contributed by atoms with van der Waals surface area (Å²) in [5, 5.41) is 0. The maximum Gasteiger partial charge on any atom is 0.226 e. The topological polar surface area (TPSA) is 46.3 Å². The molecule has 3 unspecified atom stereocenters. The van der Waals surface area contributed by atoms with E-state index >= 15 is 0 Å². The fourth-order valence-electron chi connectivity index (χ4n) is 3.02.